The third kappa shape index (κ3) is 19.6. The number of allylic oxidation sites excluding steroid dienone is 3. The molecular formula is C27H38N2O2S2. The van der Waals surface area contributed by atoms with E-state index in [-0.39, 0.29) is 5.75 Å². The van der Waals surface area contributed by atoms with Crippen molar-refractivity contribution in [1.29, 1.82) is 0 Å². The predicted molar refractivity (Wildman–Crippen MR) is 150 cm³/mol. The quantitative estimate of drug-likeness (QED) is 0.177. The van der Waals surface area contributed by atoms with E-state index in [1.165, 1.54) is 12.3 Å². The summed E-state index contributed by atoms with van der Waals surface area (Å²) in [6, 6.07) is 22.1. The van der Waals surface area contributed by atoms with Gasteiger partial charge in [0, 0.05) is 25.2 Å². The molecule has 0 unspecified atom stereocenters. The Kier molecular flexibility index (Phi) is 20.6. The zero-order valence-corrected chi connectivity index (χ0v) is 22.1. The minimum atomic E-state index is -2.79. The lowest BCUT2D eigenvalue weighted by Gasteiger charge is -2.16. The Morgan fingerprint density at radius 3 is 1.73 bits per heavy atom. The van der Waals surface area contributed by atoms with Crippen molar-refractivity contribution in [2.45, 2.75) is 18.7 Å². The van der Waals surface area contributed by atoms with Gasteiger partial charge in [0.1, 0.15) is 5.03 Å². The zero-order valence-electron chi connectivity index (χ0n) is 20.5. The Balaban J connectivity index is 0. The number of benzene rings is 2. The van der Waals surface area contributed by atoms with E-state index in [9.17, 15) is 8.42 Å². The Bertz CT molecular complexity index is 908. The van der Waals surface area contributed by atoms with E-state index < -0.39 is 9.84 Å². The fourth-order valence-electron chi connectivity index (χ4n) is 1.94. The van der Waals surface area contributed by atoms with Crippen LogP contribution in [-0.2, 0) is 9.84 Å². The van der Waals surface area contributed by atoms with E-state index in [0.717, 1.165) is 15.6 Å². The number of rotatable bonds is 8. The first kappa shape index (κ1) is 32.4. The molecule has 0 saturated carbocycles. The van der Waals surface area contributed by atoms with Gasteiger partial charge in [-0.1, -0.05) is 105 Å². The molecule has 0 atom stereocenters. The van der Waals surface area contributed by atoms with Gasteiger partial charge in [0.05, 0.1) is 11.4 Å². The highest BCUT2D eigenvalue weighted by molar-refractivity contribution is 8.03. The summed E-state index contributed by atoms with van der Waals surface area (Å²) in [6.45, 7) is 14.6. The maximum Gasteiger partial charge on any atom is 0.150 e. The summed E-state index contributed by atoms with van der Waals surface area (Å²) in [5.74, 6) is 0.0764. The maximum atomic E-state index is 10.2. The molecule has 2 aromatic rings. The van der Waals surface area contributed by atoms with Crippen molar-refractivity contribution in [3.05, 3.63) is 115 Å². The minimum Gasteiger partial charge on any atom is -0.375 e. The maximum absolute atomic E-state index is 10.2. The molecule has 0 amide bonds. The Hall–Kier alpha value is -2.83. The van der Waals surface area contributed by atoms with Gasteiger partial charge < -0.3 is 4.90 Å². The highest BCUT2D eigenvalue weighted by atomic mass is 32.2. The molecule has 0 aliphatic heterocycles. The molecule has 0 fully saturated rings. The van der Waals surface area contributed by atoms with Crippen molar-refractivity contribution >= 4 is 28.3 Å². The lowest BCUT2D eigenvalue weighted by molar-refractivity contribution is 0.527. The lowest BCUT2D eigenvalue weighted by atomic mass is 10.3. The number of sulfone groups is 1. The third-order valence-electron chi connectivity index (χ3n) is 3.28. The average Bonchev–Trinajstić information content (AvgIpc) is 2.81. The molecule has 4 nitrogen and oxygen atoms in total. The molecule has 0 heterocycles. The SMILES string of the molecule is C=C/C=C/C(=C(/N=C)Sc1ccccc1)N(C)C.C=CCS(C)(=O)=O.CC.c1ccccc1. The first-order valence-electron chi connectivity index (χ1n) is 10.4. The van der Waals surface area contributed by atoms with Crippen LogP contribution in [0.15, 0.2) is 125 Å². The van der Waals surface area contributed by atoms with Gasteiger partial charge in [-0.3, -0.25) is 4.99 Å². The van der Waals surface area contributed by atoms with Crippen LogP contribution in [0, 0.1) is 0 Å². The number of aliphatic imine (C=N–C) groups is 1. The van der Waals surface area contributed by atoms with Gasteiger partial charge in [-0.15, -0.1) is 6.58 Å². The second-order valence-corrected chi connectivity index (χ2v) is 9.54. The topological polar surface area (TPSA) is 49.7 Å². The molecule has 0 aliphatic rings. The molecule has 2 aromatic carbocycles. The predicted octanol–water partition coefficient (Wildman–Crippen LogP) is 6.88. The Labute approximate surface area is 206 Å². The van der Waals surface area contributed by atoms with Gasteiger partial charge in [0.25, 0.3) is 0 Å². The Morgan fingerprint density at radius 1 is 0.970 bits per heavy atom. The molecule has 33 heavy (non-hydrogen) atoms. The minimum absolute atomic E-state index is 0.0764. The molecule has 0 aliphatic carbocycles. The first-order chi connectivity index (χ1) is 15.7. The van der Waals surface area contributed by atoms with E-state index in [1.54, 1.807) is 17.8 Å². The molecule has 2 rings (SSSR count). The molecule has 0 aromatic heterocycles. The summed E-state index contributed by atoms with van der Waals surface area (Å²) in [7, 11) is 1.18. The second kappa shape index (κ2) is 21.0. The highest BCUT2D eigenvalue weighted by Crippen LogP contribution is 2.30. The standard InChI is InChI=1S/C15H18N2S.C6H6.C4H8O2S.C2H6/c1-5-6-12-14(17(3)4)15(16-2)18-13-10-8-7-9-11-13;1-2-4-6-5-3-1;1-3-4-7(2,5)6;1-2/h5-12H,1-2H2,3-4H3;1-6H;3H,1,4H2,2H3;1-2H3/b12-6+,15-14+;;;. The van der Waals surface area contributed by atoms with Crippen LogP contribution in [0.5, 0.6) is 0 Å². The van der Waals surface area contributed by atoms with Crippen LogP contribution in [0.1, 0.15) is 13.8 Å². The van der Waals surface area contributed by atoms with Crippen LogP contribution in [0.3, 0.4) is 0 Å². The van der Waals surface area contributed by atoms with E-state index >= 15 is 0 Å². The van der Waals surface area contributed by atoms with Crippen LogP contribution in [0.25, 0.3) is 0 Å². The Morgan fingerprint density at radius 2 is 1.42 bits per heavy atom. The molecule has 6 heteroatoms. The van der Waals surface area contributed by atoms with Gasteiger partial charge in [-0.25, -0.2) is 8.42 Å². The van der Waals surface area contributed by atoms with Crippen molar-refractivity contribution < 1.29 is 8.42 Å². The molecule has 0 radical (unpaired) electrons. The number of likely N-dealkylation sites (N-methyl/N-ethyl adjacent to an activating group) is 1. The second-order valence-electron chi connectivity index (χ2n) is 6.29. The van der Waals surface area contributed by atoms with E-state index in [0.29, 0.717) is 0 Å². The largest absolute Gasteiger partial charge is 0.375 e. The monoisotopic (exact) mass is 486 g/mol. The molecule has 180 valence electrons. The van der Waals surface area contributed by atoms with Crippen LogP contribution >= 0.6 is 11.8 Å². The van der Waals surface area contributed by atoms with Crippen LogP contribution in [-0.4, -0.2) is 46.1 Å². The number of nitrogens with zero attached hydrogens (tertiary/aromatic N) is 2. The van der Waals surface area contributed by atoms with E-state index in [2.05, 4.69) is 37.0 Å². The number of hydrogen-bond donors (Lipinski definition) is 0. The van der Waals surface area contributed by atoms with Crippen molar-refractivity contribution in [1.82, 2.24) is 4.90 Å². The molecule has 0 bridgehead atoms. The summed E-state index contributed by atoms with van der Waals surface area (Å²) in [6.07, 6.45) is 8.17. The summed E-state index contributed by atoms with van der Waals surface area (Å²) < 4.78 is 20.3. The molecule has 0 saturated heterocycles. The fraction of sp³-hybridized carbons (Fsp3) is 0.222. The van der Waals surface area contributed by atoms with Crippen LogP contribution in [0.2, 0.25) is 0 Å². The summed E-state index contributed by atoms with van der Waals surface area (Å²) in [4.78, 5) is 7.28. The lowest BCUT2D eigenvalue weighted by Crippen LogP contribution is -2.10. The van der Waals surface area contributed by atoms with Gasteiger partial charge in [-0.2, -0.15) is 0 Å². The molecule has 0 N–H and O–H groups in total. The van der Waals surface area contributed by atoms with Crippen molar-refractivity contribution in [2.75, 3.05) is 26.1 Å². The zero-order chi connectivity index (χ0) is 25.5. The highest BCUT2D eigenvalue weighted by Gasteiger charge is 2.06. The van der Waals surface area contributed by atoms with Gasteiger partial charge in [-0.05, 0) is 24.9 Å². The van der Waals surface area contributed by atoms with Gasteiger partial charge >= 0.3 is 0 Å². The summed E-state index contributed by atoms with van der Waals surface area (Å²) >= 11 is 1.60. The number of thioether (sulfide) groups is 1. The molecular weight excluding hydrogens is 448 g/mol. The third-order valence-corrected chi connectivity index (χ3v) is 5.16. The normalized spacial score (nSPS) is 10.6. The van der Waals surface area contributed by atoms with Crippen molar-refractivity contribution in [2.24, 2.45) is 4.99 Å². The van der Waals surface area contributed by atoms with Crippen molar-refractivity contribution in [3.8, 4) is 0 Å². The van der Waals surface area contributed by atoms with E-state index in [1.807, 2.05) is 99.6 Å². The van der Waals surface area contributed by atoms with Crippen molar-refractivity contribution in [3.63, 3.8) is 0 Å². The van der Waals surface area contributed by atoms with Crippen LogP contribution in [0.4, 0.5) is 0 Å². The van der Waals surface area contributed by atoms with Crippen LogP contribution < -0.4 is 0 Å². The van der Waals surface area contributed by atoms with Gasteiger partial charge in [0.15, 0.2) is 9.84 Å². The number of hydrogen-bond acceptors (Lipinski definition) is 5. The average molecular weight is 487 g/mol. The summed E-state index contributed by atoms with van der Waals surface area (Å²) in [5.41, 5.74) is 1.01. The first-order valence-corrected chi connectivity index (χ1v) is 13.3. The summed E-state index contributed by atoms with van der Waals surface area (Å²) in [5, 5.41) is 0.879. The molecule has 0 spiro atoms. The smallest absolute Gasteiger partial charge is 0.150 e. The van der Waals surface area contributed by atoms with Gasteiger partial charge in [0.2, 0.25) is 0 Å². The fourth-order valence-corrected chi connectivity index (χ4v) is 3.30. The van der Waals surface area contributed by atoms with E-state index in [4.69, 9.17) is 0 Å².